The molecule has 2 aromatic heterocycles. The molecule has 0 amide bonds. The maximum Gasteiger partial charge on any atom is 0.490 e. The van der Waals surface area contributed by atoms with E-state index in [0.717, 1.165) is 23.8 Å². The second-order valence-corrected chi connectivity index (χ2v) is 7.65. The van der Waals surface area contributed by atoms with Crippen LogP contribution in [-0.2, 0) is 9.53 Å². The minimum Gasteiger partial charge on any atom is -0.468 e. The molecule has 7 nitrogen and oxygen atoms in total. The normalized spacial score (nSPS) is 25.5. The van der Waals surface area contributed by atoms with Crippen molar-refractivity contribution in [3.63, 3.8) is 0 Å². The summed E-state index contributed by atoms with van der Waals surface area (Å²) in [4.78, 5) is 13.1. The van der Waals surface area contributed by atoms with E-state index in [1.165, 1.54) is 0 Å². The maximum absolute atomic E-state index is 12.7. The molecule has 0 aliphatic carbocycles. The zero-order valence-electron chi connectivity index (χ0n) is 16.2. The molecule has 162 valence electrons. The highest BCUT2D eigenvalue weighted by atomic mass is 19.4. The average Bonchev–Trinajstić information content (AvgIpc) is 3.20. The van der Waals surface area contributed by atoms with Crippen LogP contribution in [0.1, 0.15) is 12.8 Å². The highest BCUT2D eigenvalue weighted by Gasteiger charge is 2.50. The van der Waals surface area contributed by atoms with Gasteiger partial charge in [0.05, 0.1) is 0 Å². The molecule has 3 fully saturated rings. The standard InChI is InChI=1S/C21H18F3N3O4/c22-21(23,24)20(28)31-19-18(12-7-9-27(19)10-8-12)30-17-6-5-14(25-26-17)16-11-13-3-1-2-4-15(13)29-16/h1-6,11-12,18-19H,7-10H2/t18-,19?/m1/s1. The number of furan rings is 1. The summed E-state index contributed by atoms with van der Waals surface area (Å²) in [5.41, 5.74) is 1.22. The number of ether oxygens (including phenoxy) is 2. The van der Waals surface area contributed by atoms with Crippen LogP contribution in [0.25, 0.3) is 22.4 Å². The van der Waals surface area contributed by atoms with Crippen molar-refractivity contribution in [3.05, 3.63) is 42.5 Å². The first kappa shape index (κ1) is 19.8. The summed E-state index contributed by atoms with van der Waals surface area (Å²) in [6.07, 6.45) is -5.43. The summed E-state index contributed by atoms with van der Waals surface area (Å²) in [5.74, 6) is -1.57. The Kier molecular flexibility index (Phi) is 4.81. The SMILES string of the molecule is O=C(OC1[C@H](Oc2ccc(-c3cc4ccccc4o3)nn2)C2CCN1CC2)C(F)(F)F. The molecular formula is C21H18F3N3O4. The number of esters is 1. The van der Waals surface area contributed by atoms with Crippen LogP contribution in [0, 0.1) is 5.92 Å². The Hall–Kier alpha value is -3.14. The number of halogens is 3. The molecule has 10 heteroatoms. The third kappa shape index (κ3) is 3.83. The lowest BCUT2D eigenvalue weighted by molar-refractivity contribution is -0.233. The van der Waals surface area contributed by atoms with Gasteiger partial charge in [0, 0.05) is 30.5 Å². The molecule has 1 aromatic carbocycles. The Labute approximate surface area is 174 Å². The lowest BCUT2D eigenvalue weighted by atomic mass is 9.84. The summed E-state index contributed by atoms with van der Waals surface area (Å²) in [5, 5.41) is 9.11. The lowest BCUT2D eigenvalue weighted by Gasteiger charge is -2.48. The van der Waals surface area contributed by atoms with Crippen LogP contribution in [0.15, 0.2) is 46.9 Å². The van der Waals surface area contributed by atoms with Crippen LogP contribution in [0.5, 0.6) is 5.88 Å². The first-order chi connectivity index (χ1) is 14.9. The van der Waals surface area contributed by atoms with Gasteiger partial charge in [-0.1, -0.05) is 18.2 Å². The van der Waals surface area contributed by atoms with Crippen molar-refractivity contribution < 1.29 is 31.9 Å². The average molecular weight is 433 g/mol. The molecule has 5 heterocycles. The third-order valence-electron chi connectivity index (χ3n) is 5.71. The van der Waals surface area contributed by atoms with E-state index in [9.17, 15) is 18.0 Å². The molecule has 3 aromatic rings. The maximum atomic E-state index is 12.7. The molecule has 2 atom stereocenters. The molecule has 0 radical (unpaired) electrons. The number of rotatable bonds is 4. The van der Waals surface area contributed by atoms with Gasteiger partial charge in [0.2, 0.25) is 5.88 Å². The summed E-state index contributed by atoms with van der Waals surface area (Å²) in [7, 11) is 0. The zero-order chi connectivity index (χ0) is 21.6. The number of alkyl halides is 3. The van der Waals surface area contributed by atoms with Gasteiger partial charge in [-0.05, 0) is 31.0 Å². The number of hydrogen-bond donors (Lipinski definition) is 0. The summed E-state index contributed by atoms with van der Waals surface area (Å²) < 4.78 is 54.6. The number of piperidine rings is 3. The summed E-state index contributed by atoms with van der Waals surface area (Å²) in [6.45, 7) is 1.11. The zero-order valence-corrected chi connectivity index (χ0v) is 16.2. The number of hydrogen-bond acceptors (Lipinski definition) is 7. The quantitative estimate of drug-likeness (QED) is 0.580. The van der Waals surface area contributed by atoms with Crippen LogP contribution in [-0.4, -0.2) is 52.7 Å². The van der Waals surface area contributed by atoms with Crippen molar-refractivity contribution in [1.29, 1.82) is 0 Å². The van der Waals surface area contributed by atoms with Crippen LogP contribution >= 0.6 is 0 Å². The molecule has 0 N–H and O–H groups in total. The number of benzene rings is 1. The minimum atomic E-state index is -5.06. The Morgan fingerprint density at radius 2 is 1.87 bits per heavy atom. The van der Waals surface area contributed by atoms with E-state index >= 15 is 0 Å². The predicted octanol–water partition coefficient (Wildman–Crippen LogP) is 3.79. The van der Waals surface area contributed by atoms with Crippen molar-refractivity contribution in [3.8, 4) is 17.3 Å². The van der Waals surface area contributed by atoms with E-state index in [4.69, 9.17) is 13.9 Å². The molecule has 31 heavy (non-hydrogen) atoms. The molecule has 1 unspecified atom stereocenters. The highest BCUT2D eigenvalue weighted by molar-refractivity contribution is 5.82. The van der Waals surface area contributed by atoms with Crippen LogP contribution in [0.3, 0.4) is 0 Å². The summed E-state index contributed by atoms with van der Waals surface area (Å²) >= 11 is 0. The number of nitrogens with zero attached hydrogens (tertiary/aromatic N) is 3. The van der Waals surface area contributed by atoms with Gasteiger partial charge in [0.15, 0.2) is 18.1 Å². The topological polar surface area (TPSA) is 77.7 Å². The first-order valence-electron chi connectivity index (χ1n) is 9.90. The molecule has 0 saturated carbocycles. The molecule has 3 aliphatic rings. The van der Waals surface area contributed by atoms with E-state index in [-0.39, 0.29) is 11.8 Å². The van der Waals surface area contributed by atoms with Gasteiger partial charge in [0.1, 0.15) is 11.3 Å². The van der Waals surface area contributed by atoms with Crippen molar-refractivity contribution in [2.45, 2.75) is 31.3 Å². The fraction of sp³-hybridized carbons (Fsp3) is 0.381. The van der Waals surface area contributed by atoms with Crippen molar-refractivity contribution in [1.82, 2.24) is 15.1 Å². The predicted molar refractivity (Wildman–Crippen MR) is 102 cm³/mol. The van der Waals surface area contributed by atoms with Crippen molar-refractivity contribution >= 4 is 16.9 Å². The molecule has 0 spiro atoms. The van der Waals surface area contributed by atoms with E-state index in [1.807, 2.05) is 30.3 Å². The van der Waals surface area contributed by atoms with Gasteiger partial charge in [-0.25, -0.2) is 4.79 Å². The van der Waals surface area contributed by atoms with Gasteiger partial charge in [0.25, 0.3) is 0 Å². The molecular weight excluding hydrogens is 415 g/mol. The molecule has 3 aliphatic heterocycles. The van der Waals surface area contributed by atoms with Crippen LogP contribution in [0.2, 0.25) is 0 Å². The number of aromatic nitrogens is 2. The van der Waals surface area contributed by atoms with E-state index in [1.54, 1.807) is 17.0 Å². The van der Waals surface area contributed by atoms with Crippen LogP contribution < -0.4 is 4.74 Å². The molecule has 6 rings (SSSR count). The second-order valence-electron chi connectivity index (χ2n) is 7.65. The fourth-order valence-corrected chi connectivity index (χ4v) is 4.18. The van der Waals surface area contributed by atoms with Crippen LogP contribution in [0.4, 0.5) is 13.2 Å². The van der Waals surface area contributed by atoms with Gasteiger partial charge in [-0.2, -0.15) is 13.2 Å². The monoisotopic (exact) mass is 433 g/mol. The molecule has 2 bridgehead atoms. The van der Waals surface area contributed by atoms with Gasteiger partial charge >= 0.3 is 12.1 Å². The van der Waals surface area contributed by atoms with Gasteiger partial charge < -0.3 is 13.9 Å². The Morgan fingerprint density at radius 3 is 2.55 bits per heavy atom. The Bertz CT molecular complexity index is 1060. The van der Waals surface area contributed by atoms with E-state index in [2.05, 4.69) is 10.2 Å². The highest BCUT2D eigenvalue weighted by Crippen LogP contribution is 2.36. The van der Waals surface area contributed by atoms with E-state index in [0.29, 0.717) is 24.5 Å². The number of carbonyl (C=O) groups is 1. The molecule has 3 saturated heterocycles. The number of carbonyl (C=O) groups excluding carboxylic acids is 1. The lowest BCUT2D eigenvalue weighted by Crippen LogP contribution is -2.61. The van der Waals surface area contributed by atoms with Gasteiger partial charge in [-0.3, -0.25) is 4.90 Å². The smallest absolute Gasteiger partial charge is 0.468 e. The first-order valence-corrected chi connectivity index (χ1v) is 9.90. The fourth-order valence-electron chi connectivity index (χ4n) is 4.18. The van der Waals surface area contributed by atoms with Crippen molar-refractivity contribution in [2.24, 2.45) is 5.92 Å². The summed E-state index contributed by atoms with van der Waals surface area (Å²) in [6, 6.07) is 12.6. The number of fused-ring (bicyclic) bond motifs is 4. The number of para-hydroxylation sites is 1. The Morgan fingerprint density at radius 1 is 1.10 bits per heavy atom. The second kappa shape index (κ2) is 7.52. The van der Waals surface area contributed by atoms with Gasteiger partial charge in [-0.15, -0.1) is 10.2 Å². The minimum absolute atomic E-state index is 0.0344. The largest absolute Gasteiger partial charge is 0.490 e. The van der Waals surface area contributed by atoms with Crippen molar-refractivity contribution in [2.75, 3.05) is 13.1 Å². The van der Waals surface area contributed by atoms with E-state index < -0.39 is 24.5 Å². The Balaban J connectivity index is 1.34. The third-order valence-corrected chi connectivity index (χ3v) is 5.71.